The van der Waals surface area contributed by atoms with Gasteiger partial charge in [-0.1, -0.05) is 42.5 Å². The fraction of sp³-hybridized carbons (Fsp3) is 0.105. The molecule has 6 rings (SSSR count). The number of hydrogen-bond donors (Lipinski definition) is 0. The van der Waals surface area contributed by atoms with Crippen LogP contribution in [0.3, 0.4) is 0 Å². The summed E-state index contributed by atoms with van der Waals surface area (Å²) in [5, 5.41) is 0. The summed E-state index contributed by atoms with van der Waals surface area (Å²) < 4.78 is 22.4. The first-order valence-electron chi connectivity index (χ1n) is 14.8. The molecule has 47 heavy (non-hydrogen) atoms. The van der Waals surface area contributed by atoms with Crippen LogP contribution in [0.2, 0.25) is 0 Å². The van der Waals surface area contributed by atoms with Crippen molar-refractivity contribution in [2.75, 3.05) is 12.0 Å². The normalized spacial score (nSPS) is 12.7. The molecule has 0 N–H and O–H groups in total. The Balaban J connectivity index is 1.09. The number of imide groups is 1. The maximum Gasteiger partial charge on any atom is 0.338 e. The van der Waals surface area contributed by atoms with Crippen LogP contribution in [0.4, 0.5) is 5.69 Å². The minimum atomic E-state index is -1.10. The number of carbonyl (C=O) groups excluding carboxylic acids is 4. The number of rotatable bonds is 11. The van der Waals surface area contributed by atoms with Crippen molar-refractivity contribution in [3.8, 4) is 23.0 Å². The Morgan fingerprint density at radius 3 is 2.00 bits per heavy atom. The zero-order chi connectivity index (χ0) is 32.9. The number of anilines is 1. The van der Waals surface area contributed by atoms with Crippen molar-refractivity contribution in [3.05, 3.63) is 149 Å². The van der Waals surface area contributed by atoms with Crippen LogP contribution in [-0.2, 0) is 11.3 Å². The molecule has 0 aromatic heterocycles. The van der Waals surface area contributed by atoms with E-state index in [0.717, 1.165) is 10.5 Å². The zero-order valence-corrected chi connectivity index (χ0v) is 25.5. The number of nitrogens with zero attached hydrogens (tertiary/aromatic N) is 1. The summed E-state index contributed by atoms with van der Waals surface area (Å²) in [6.07, 6.45) is -1.10. The molecule has 0 saturated carbocycles. The van der Waals surface area contributed by atoms with E-state index in [0.29, 0.717) is 40.9 Å². The van der Waals surface area contributed by atoms with Gasteiger partial charge in [0, 0.05) is 5.56 Å². The Hall–Kier alpha value is -6.22. The smallest absolute Gasteiger partial charge is 0.338 e. The number of esters is 1. The molecule has 2 amide bonds. The Morgan fingerprint density at radius 1 is 0.681 bits per heavy atom. The van der Waals surface area contributed by atoms with Gasteiger partial charge in [0.05, 0.1) is 29.5 Å². The molecule has 1 heterocycles. The lowest BCUT2D eigenvalue weighted by Crippen LogP contribution is -2.29. The van der Waals surface area contributed by atoms with E-state index in [9.17, 15) is 19.2 Å². The van der Waals surface area contributed by atoms with Gasteiger partial charge in [-0.3, -0.25) is 14.4 Å². The second-order valence-electron chi connectivity index (χ2n) is 10.7. The molecule has 1 atom stereocenters. The highest BCUT2D eigenvalue weighted by Crippen LogP contribution is 2.34. The summed E-state index contributed by atoms with van der Waals surface area (Å²) >= 11 is 0. The van der Waals surface area contributed by atoms with Crippen molar-refractivity contribution in [3.63, 3.8) is 0 Å². The van der Waals surface area contributed by atoms with Gasteiger partial charge < -0.3 is 18.9 Å². The van der Waals surface area contributed by atoms with Gasteiger partial charge in [-0.25, -0.2) is 9.69 Å². The van der Waals surface area contributed by atoms with E-state index < -0.39 is 29.7 Å². The van der Waals surface area contributed by atoms with Gasteiger partial charge in [-0.05, 0) is 91.3 Å². The molecule has 0 saturated heterocycles. The molecule has 0 aliphatic carbocycles. The van der Waals surface area contributed by atoms with Crippen LogP contribution in [-0.4, -0.2) is 36.8 Å². The average molecular weight is 628 g/mol. The summed E-state index contributed by atoms with van der Waals surface area (Å²) in [5.74, 6) is -0.156. The van der Waals surface area contributed by atoms with Gasteiger partial charge >= 0.3 is 5.97 Å². The number of carbonyl (C=O) groups is 4. The van der Waals surface area contributed by atoms with Crippen molar-refractivity contribution < 1.29 is 38.1 Å². The van der Waals surface area contributed by atoms with E-state index in [-0.39, 0.29) is 16.7 Å². The van der Waals surface area contributed by atoms with Gasteiger partial charge in [0.2, 0.25) is 5.78 Å². The zero-order valence-electron chi connectivity index (χ0n) is 25.5. The maximum absolute atomic E-state index is 13.4. The van der Waals surface area contributed by atoms with Crippen molar-refractivity contribution in [1.82, 2.24) is 0 Å². The first kappa shape index (κ1) is 30.8. The Bertz CT molecular complexity index is 1950. The van der Waals surface area contributed by atoms with Crippen molar-refractivity contribution in [1.29, 1.82) is 0 Å². The van der Waals surface area contributed by atoms with E-state index in [1.165, 1.54) is 25.1 Å². The first-order chi connectivity index (χ1) is 22.8. The van der Waals surface area contributed by atoms with E-state index in [2.05, 4.69) is 0 Å². The number of ether oxygens (including phenoxy) is 4. The van der Waals surface area contributed by atoms with Gasteiger partial charge in [-0.15, -0.1) is 0 Å². The largest absolute Gasteiger partial charge is 0.493 e. The SMILES string of the molecule is COc1ccccc1Oc1ccc(N2C(=O)c3ccc(C(=O)OC(C)C(=O)c4ccc(OCc5ccccc5)cc4)cc3C2=O)cc1. The van der Waals surface area contributed by atoms with Crippen LogP contribution in [0.5, 0.6) is 23.0 Å². The second kappa shape index (κ2) is 13.4. The monoisotopic (exact) mass is 627 g/mol. The highest BCUT2D eigenvalue weighted by molar-refractivity contribution is 6.34. The third-order valence-electron chi connectivity index (χ3n) is 7.55. The molecule has 0 radical (unpaired) electrons. The van der Waals surface area contributed by atoms with Crippen molar-refractivity contribution in [2.24, 2.45) is 0 Å². The minimum absolute atomic E-state index is 0.0385. The minimum Gasteiger partial charge on any atom is -0.493 e. The number of fused-ring (bicyclic) bond motifs is 1. The molecular formula is C38H29NO8. The molecule has 9 heteroatoms. The lowest BCUT2D eigenvalue weighted by molar-refractivity contribution is 0.0318. The fourth-order valence-electron chi connectivity index (χ4n) is 5.07. The molecule has 1 aliphatic rings. The van der Waals surface area contributed by atoms with Gasteiger partial charge in [-0.2, -0.15) is 0 Å². The summed E-state index contributed by atoms with van der Waals surface area (Å²) in [6, 6.07) is 34.0. The van der Waals surface area contributed by atoms with Crippen LogP contribution in [0, 0.1) is 0 Å². The van der Waals surface area contributed by atoms with Gasteiger partial charge in [0.1, 0.15) is 18.1 Å². The van der Waals surface area contributed by atoms with E-state index in [1.54, 1.807) is 67.8 Å². The van der Waals surface area contributed by atoms with Crippen LogP contribution in [0.25, 0.3) is 0 Å². The quantitative estimate of drug-likeness (QED) is 0.0853. The topological polar surface area (TPSA) is 108 Å². The van der Waals surface area contributed by atoms with E-state index >= 15 is 0 Å². The standard InChI is InChI=1S/C38H29NO8/c1-24(35(40)26-12-17-29(18-13-26)45-23-25-8-4-3-5-9-25)46-38(43)27-14-21-31-32(22-27)37(42)39(36(31)41)28-15-19-30(20-16-28)47-34-11-7-6-10-33(34)44-2/h3-22,24H,23H2,1-2H3. The molecule has 0 spiro atoms. The lowest BCUT2D eigenvalue weighted by Gasteiger charge is -2.15. The predicted molar refractivity (Wildman–Crippen MR) is 174 cm³/mol. The van der Waals surface area contributed by atoms with Gasteiger partial charge in [0.15, 0.2) is 17.6 Å². The van der Waals surface area contributed by atoms with Crippen molar-refractivity contribution >= 4 is 29.3 Å². The first-order valence-corrected chi connectivity index (χ1v) is 14.8. The van der Waals surface area contributed by atoms with Crippen LogP contribution in [0.15, 0.2) is 121 Å². The van der Waals surface area contributed by atoms with E-state index in [4.69, 9.17) is 18.9 Å². The molecule has 0 bridgehead atoms. The lowest BCUT2D eigenvalue weighted by atomic mass is 10.1. The Kier molecular flexibility index (Phi) is 8.79. The molecule has 0 fully saturated rings. The molecule has 9 nitrogen and oxygen atoms in total. The number of methoxy groups -OCH3 is 1. The number of hydrogen-bond acceptors (Lipinski definition) is 8. The highest BCUT2D eigenvalue weighted by Gasteiger charge is 2.37. The number of ketones is 1. The number of para-hydroxylation sites is 2. The average Bonchev–Trinajstić information content (AvgIpc) is 3.36. The van der Waals surface area contributed by atoms with Crippen LogP contribution in [0.1, 0.15) is 53.9 Å². The summed E-state index contributed by atoms with van der Waals surface area (Å²) in [7, 11) is 1.54. The predicted octanol–water partition coefficient (Wildman–Crippen LogP) is 7.30. The van der Waals surface area contributed by atoms with Crippen LogP contribution < -0.4 is 19.1 Å². The molecular weight excluding hydrogens is 598 g/mol. The number of amides is 2. The fourth-order valence-corrected chi connectivity index (χ4v) is 5.07. The molecule has 1 aliphatic heterocycles. The maximum atomic E-state index is 13.4. The van der Waals surface area contributed by atoms with Gasteiger partial charge in [0.25, 0.3) is 11.8 Å². The van der Waals surface area contributed by atoms with E-state index in [1.807, 2.05) is 42.5 Å². The second-order valence-corrected chi connectivity index (χ2v) is 10.7. The highest BCUT2D eigenvalue weighted by atomic mass is 16.5. The third-order valence-corrected chi connectivity index (χ3v) is 7.55. The Labute approximate surface area is 270 Å². The number of Topliss-reactive ketones (excluding diaryl/α,β-unsaturated/α-hetero) is 1. The summed E-state index contributed by atoms with van der Waals surface area (Å²) in [4.78, 5) is 53.6. The molecule has 234 valence electrons. The third kappa shape index (κ3) is 6.60. The molecule has 5 aromatic rings. The Morgan fingerprint density at radius 2 is 1.30 bits per heavy atom. The van der Waals surface area contributed by atoms with Crippen molar-refractivity contribution in [2.45, 2.75) is 19.6 Å². The summed E-state index contributed by atoms with van der Waals surface area (Å²) in [6.45, 7) is 1.87. The molecule has 5 aromatic carbocycles. The number of benzene rings is 5. The van der Waals surface area contributed by atoms with Crippen LogP contribution >= 0.6 is 0 Å². The summed E-state index contributed by atoms with van der Waals surface area (Å²) in [5.41, 5.74) is 1.95. The molecule has 1 unspecified atom stereocenters.